The summed E-state index contributed by atoms with van der Waals surface area (Å²) in [7, 11) is 4.50. The third-order valence-electron chi connectivity index (χ3n) is 5.16. The number of rotatable bonds is 7. The van der Waals surface area contributed by atoms with Crippen LogP contribution in [0.15, 0.2) is 18.2 Å². The number of hydrogen-bond acceptors (Lipinski definition) is 5. The van der Waals surface area contributed by atoms with Crippen LogP contribution in [0.2, 0.25) is 0 Å². The topological polar surface area (TPSA) is 65.1 Å². The molecule has 0 aliphatic heterocycles. The Morgan fingerprint density at radius 2 is 1.48 bits per heavy atom. The van der Waals surface area contributed by atoms with Gasteiger partial charge in [0.05, 0.1) is 27.8 Å². The van der Waals surface area contributed by atoms with Crippen LogP contribution in [0.25, 0.3) is 0 Å². The fraction of sp³-hybridized carbons (Fsp3) is 0.619. The monoisotopic (exact) mass is 377 g/mol. The Morgan fingerprint density at radius 1 is 0.926 bits per heavy atom. The van der Waals surface area contributed by atoms with Crippen molar-refractivity contribution in [1.82, 2.24) is 4.90 Å². The number of carbonyl (C=O) groups is 2. The first-order chi connectivity index (χ1) is 13.1. The zero-order valence-corrected chi connectivity index (χ0v) is 16.7. The van der Waals surface area contributed by atoms with Crippen LogP contribution in [0.4, 0.5) is 0 Å². The van der Waals surface area contributed by atoms with E-state index in [4.69, 9.17) is 14.2 Å². The number of carbonyl (C=O) groups excluding carboxylic acids is 2. The molecule has 1 aromatic rings. The quantitative estimate of drug-likeness (QED) is 0.676. The largest absolute Gasteiger partial charge is 0.497 e. The number of hydrogen-bond donors (Lipinski definition) is 0. The van der Waals surface area contributed by atoms with Crippen molar-refractivity contribution in [2.24, 2.45) is 0 Å². The molecule has 0 aromatic heterocycles. The van der Waals surface area contributed by atoms with Crippen molar-refractivity contribution in [3.05, 3.63) is 23.8 Å². The summed E-state index contributed by atoms with van der Waals surface area (Å²) in [5.74, 6) is 0.745. The fourth-order valence-electron chi connectivity index (χ4n) is 3.61. The Labute approximate surface area is 161 Å². The Hall–Kier alpha value is -2.24. The molecular formula is C21H31NO5. The maximum Gasteiger partial charge on any atom is 0.307 e. The molecule has 2 rings (SSSR count). The highest BCUT2D eigenvalue weighted by Gasteiger charge is 2.26. The fourth-order valence-corrected chi connectivity index (χ4v) is 3.61. The molecule has 150 valence electrons. The molecular weight excluding hydrogens is 346 g/mol. The summed E-state index contributed by atoms with van der Waals surface area (Å²) in [4.78, 5) is 26.9. The highest BCUT2D eigenvalue weighted by atomic mass is 16.5. The Morgan fingerprint density at radius 3 is 2.00 bits per heavy atom. The summed E-state index contributed by atoms with van der Waals surface area (Å²) in [6.07, 6.45) is 7.99. The van der Waals surface area contributed by atoms with Gasteiger partial charge in [-0.25, -0.2) is 0 Å². The summed E-state index contributed by atoms with van der Waals surface area (Å²) in [5, 5.41) is 0. The van der Waals surface area contributed by atoms with E-state index in [1.165, 1.54) is 26.4 Å². The SMILES string of the molecule is COC(=O)CCN(C(=O)c1cc(OC)cc(OC)c1)C1CCCCCCC1. The zero-order valence-electron chi connectivity index (χ0n) is 16.7. The minimum Gasteiger partial charge on any atom is -0.497 e. The van der Waals surface area contributed by atoms with Gasteiger partial charge in [-0.05, 0) is 25.0 Å². The van der Waals surface area contributed by atoms with E-state index >= 15 is 0 Å². The van der Waals surface area contributed by atoms with Crippen LogP contribution in [0.5, 0.6) is 11.5 Å². The number of esters is 1. The molecule has 1 aliphatic rings. The summed E-state index contributed by atoms with van der Waals surface area (Å²) in [6, 6.07) is 5.32. The molecule has 1 fully saturated rings. The number of methoxy groups -OCH3 is 3. The average molecular weight is 377 g/mol. The van der Waals surface area contributed by atoms with E-state index in [9.17, 15) is 9.59 Å². The van der Waals surface area contributed by atoms with Gasteiger partial charge in [-0.15, -0.1) is 0 Å². The Balaban J connectivity index is 2.27. The van der Waals surface area contributed by atoms with Crippen molar-refractivity contribution < 1.29 is 23.8 Å². The molecule has 6 heteroatoms. The van der Waals surface area contributed by atoms with Gasteiger partial charge in [0.15, 0.2) is 0 Å². The molecule has 1 aliphatic carbocycles. The lowest BCUT2D eigenvalue weighted by atomic mass is 9.95. The summed E-state index contributed by atoms with van der Waals surface area (Å²) in [6.45, 7) is 0.357. The Bertz CT molecular complexity index is 601. The molecule has 6 nitrogen and oxygen atoms in total. The van der Waals surface area contributed by atoms with Crippen LogP contribution in [0.1, 0.15) is 61.7 Å². The van der Waals surface area contributed by atoms with Gasteiger partial charge in [-0.1, -0.05) is 32.1 Å². The van der Waals surface area contributed by atoms with Crippen molar-refractivity contribution in [3.8, 4) is 11.5 Å². The number of ether oxygens (including phenoxy) is 3. The highest BCUT2D eigenvalue weighted by Crippen LogP contribution is 2.27. The van der Waals surface area contributed by atoms with Crippen LogP contribution >= 0.6 is 0 Å². The van der Waals surface area contributed by atoms with Gasteiger partial charge in [0, 0.05) is 24.2 Å². The molecule has 0 radical (unpaired) electrons. The molecule has 27 heavy (non-hydrogen) atoms. The second kappa shape index (κ2) is 10.8. The first-order valence-corrected chi connectivity index (χ1v) is 9.70. The van der Waals surface area contributed by atoms with Crippen molar-refractivity contribution >= 4 is 11.9 Å². The third kappa shape index (κ3) is 6.15. The lowest BCUT2D eigenvalue weighted by Crippen LogP contribution is -2.42. The molecule has 1 saturated carbocycles. The maximum atomic E-state index is 13.3. The van der Waals surface area contributed by atoms with Crippen LogP contribution in [0, 0.1) is 0 Å². The summed E-state index contributed by atoms with van der Waals surface area (Å²) in [5.41, 5.74) is 0.512. The zero-order chi connectivity index (χ0) is 19.6. The number of amides is 1. The minimum absolute atomic E-state index is 0.0957. The van der Waals surface area contributed by atoms with E-state index in [1.54, 1.807) is 32.4 Å². The second-order valence-electron chi connectivity index (χ2n) is 6.92. The van der Waals surface area contributed by atoms with Crippen LogP contribution in [-0.4, -0.2) is 50.7 Å². The van der Waals surface area contributed by atoms with E-state index in [0.717, 1.165) is 25.7 Å². The molecule has 1 aromatic carbocycles. The molecule has 0 unspecified atom stereocenters. The van der Waals surface area contributed by atoms with E-state index < -0.39 is 0 Å². The summed E-state index contributed by atoms with van der Waals surface area (Å²) < 4.78 is 15.4. The molecule has 0 heterocycles. The average Bonchev–Trinajstić information content (AvgIpc) is 2.68. The lowest BCUT2D eigenvalue weighted by molar-refractivity contribution is -0.140. The standard InChI is InChI=1S/C21H31NO5/c1-25-18-13-16(14-19(15-18)26-2)21(24)22(12-11-20(23)27-3)17-9-7-5-4-6-8-10-17/h13-15,17H,4-12H2,1-3H3. The van der Waals surface area contributed by atoms with Gasteiger partial charge in [-0.3, -0.25) is 9.59 Å². The van der Waals surface area contributed by atoms with Crippen molar-refractivity contribution in [1.29, 1.82) is 0 Å². The normalized spacial score (nSPS) is 15.4. The van der Waals surface area contributed by atoms with Gasteiger partial charge in [0.25, 0.3) is 5.91 Å². The van der Waals surface area contributed by atoms with E-state index in [0.29, 0.717) is 23.6 Å². The van der Waals surface area contributed by atoms with Gasteiger partial charge in [0.1, 0.15) is 11.5 Å². The van der Waals surface area contributed by atoms with Gasteiger partial charge in [-0.2, -0.15) is 0 Å². The predicted octanol–water partition coefficient (Wildman–Crippen LogP) is 3.82. The minimum atomic E-state index is -0.304. The molecule has 0 bridgehead atoms. The maximum absolute atomic E-state index is 13.3. The Kier molecular flexibility index (Phi) is 8.43. The molecule has 1 amide bonds. The molecule has 0 atom stereocenters. The van der Waals surface area contributed by atoms with Crippen LogP contribution in [-0.2, 0) is 9.53 Å². The van der Waals surface area contributed by atoms with Gasteiger partial charge < -0.3 is 19.1 Å². The third-order valence-corrected chi connectivity index (χ3v) is 5.16. The van der Waals surface area contributed by atoms with Crippen molar-refractivity contribution in [2.75, 3.05) is 27.9 Å². The van der Waals surface area contributed by atoms with Gasteiger partial charge >= 0.3 is 5.97 Å². The number of nitrogens with zero attached hydrogens (tertiary/aromatic N) is 1. The van der Waals surface area contributed by atoms with Crippen molar-refractivity contribution in [3.63, 3.8) is 0 Å². The van der Waals surface area contributed by atoms with Crippen LogP contribution < -0.4 is 9.47 Å². The molecule has 0 N–H and O–H groups in total. The van der Waals surface area contributed by atoms with E-state index in [-0.39, 0.29) is 24.3 Å². The van der Waals surface area contributed by atoms with E-state index in [2.05, 4.69) is 0 Å². The summed E-state index contributed by atoms with van der Waals surface area (Å²) >= 11 is 0. The van der Waals surface area contributed by atoms with E-state index in [1.807, 2.05) is 4.90 Å². The molecule has 0 saturated heterocycles. The highest BCUT2D eigenvalue weighted by molar-refractivity contribution is 5.95. The molecule has 0 spiro atoms. The van der Waals surface area contributed by atoms with Crippen molar-refractivity contribution in [2.45, 2.75) is 57.4 Å². The van der Waals surface area contributed by atoms with Crippen LogP contribution in [0.3, 0.4) is 0 Å². The smallest absolute Gasteiger partial charge is 0.307 e. The first kappa shape index (κ1) is 21.1. The lowest BCUT2D eigenvalue weighted by Gasteiger charge is -2.33. The number of benzene rings is 1. The predicted molar refractivity (Wildman–Crippen MR) is 103 cm³/mol. The second-order valence-corrected chi connectivity index (χ2v) is 6.92. The van der Waals surface area contributed by atoms with Gasteiger partial charge in [0.2, 0.25) is 0 Å². The first-order valence-electron chi connectivity index (χ1n) is 9.70.